The molecule has 0 aliphatic rings. The Hall–Kier alpha value is -1.71. The van der Waals surface area contributed by atoms with Crippen LogP contribution in [0.5, 0.6) is 0 Å². The monoisotopic (exact) mass is 581 g/mol. The summed E-state index contributed by atoms with van der Waals surface area (Å²) in [5, 5.41) is 3.80. The molecule has 2 amide bonds. The molecule has 0 fully saturated rings. The topological polar surface area (TPSA) is 86.8 Å². The van der Waals surface area contributed by atoms with Gasteiger partial charge in [0.25, 0.3) is 0 Å². The summed E-state index contributed by atoms with van der Waals surface area (Å²) in [4.78, 5) is 27.8. The van der Waals surface area contributed by atoms with Gasteiger partial charge in [-0.3, -0.25) is 13.9 Å². The van der Waals surface area contributed by atoms with Gasteiger partial charge in [-0.1, -0.05) is 52.5 Å². The van der Waals surface area contributed by atoms with Crippen molar-refractivity contribution in [3.05, 3.63) is 62.1 Å². The average molecular weight is 583 g/mol. The van der Waals surface area contributed by atoms with E-state index in [-0.39, 0.29) is 17.3 Å². The Labute approximate surface area is 226 Å². The first kappa shape index (κ1) is 29.5. The number of hydrogen-bond acceptors (Lipinski definition) is 4. The van der Waals surface area contributed by atoms with Gasteiger partial charge in [0.1, 0.15) is 12.6 Å². The molecule has 0 radical (unpaired) electrons. The fourth-order valence-corrected chi connectivity index (χ4v) is 5.13. The zero-order chi connectivity index (χ0) is 26.7. The van der Waals surface area contributed by atoms with Gasteiger partial charge < -0.3 is 10.2 Å². The van der Waals surface area contributed by atoms with Gasteiger partial charge in [-0.15, -0.1) is 0 Å². The third-order valence-electron chi connectivity index (χ3n) is 4.91. The minimum absolute atomic E-state index is 0.0509. The van der Waals surface area contributed by atoms with E-state index < -0.39 is 40.0 Å². The van der Waals surface area contributed by atoms with E-state index in [0.29, 0.717) is 20.6 Å². The third kappa shape index (κ3) is 8.15. The van der Waals surface area contributed by atoms with E-state index in [2.05, 4.69) is 5.32 Å². The molecule has 2 rings (SSSR count). The average Bonchev–Trinajstić information content (AvgIpc) is 2.69. The highest BCUT2D eigenvalue weighted by molar-refractivity contribution is 7.92. The van der Waals surface area contributed by atoms with Crippen LogP contribution in [0.1, 0.15) is 33.3 Å². The zero-order valence-corrected chi connectivity index (χ0v) is 23.7. The molecule has 1 unspecified atom stereocenters. The number of carbonyl (C=O) groups excluding carboxylic acids is 2. The molecule has 0 spiro atoms. The van der Waals surface area contributed by atoms with Gasteiger partial charge in [0.2, 0.25) is 21.8 Å². The van der Waals surface area contributed by atoms with Crippen molar-refractivity contribution in [1.29, 1.82) is 0 Å². The van der Waals surface area contributed by atoms with Crippen LogP contribution >= 0.6 is 46.4 Å². The minimum Gasteiger partial charge on any atom is -0.350 e. The first-order valence-corrected chi connectivity index (χ1v) is 13.8. The minimum atomic E-state index is -3.94. The Bertz CT molecular complexity index is 1200. The second kappa shape index (κ2) is 11.6. The molecule has 0 bridgehead atoms. The lowest BCUT2D eigenvalue weighted by molar-refractivity contribution is -0.140. The molecule has 0 aliphatic heterocycles. The van der Waals surface area contributed by atoms with Gasteiger partial charge in [0.05, 0.1) is 17.0 Å². The van der Waals surface area contributed by atoms with E-state index in [4.69, 9.17) is 46.4 Å². The zero-order valence-electron chi connectivity index (χ0n) is 19.9. The van der Waals surface area contributed by atoms with Crippen LogP contribution in [-0.2, 0) is 26.2 Å². The van der Waals surface area contributed by atoms with Crippen molar-refractivity contribution in [1.82, 2.24) is 10.2 Å². The number of benzene rings is 2. The maximum absolute atomic E-state index is 13.6. The number of halogens is 4. The molecule has 2 aromatic rings. The fourth-order valence-electron chi connectivity index (χ4n) is 3.19. The second-order valence-electron chi connectivity index (χ2n) is 9.00. The Balaban J connectivity index is 2.50. The highest BCUT2D eigenvalue weighted by Crippen LogP contribution is 2.31. The normalized spacial score (nSPS) is 12.7. The maximum atomic E-state index is 13.6. The summed E-state index contributed by atoms with van der Waals surface area (Å²) in [6.07, 6.45) is 0.955. The van der Waals surface area contributed by atoms with Gasteiger partial charge in [0, 0.05) is 32.7 Å². The van der Waals surface area contributed by atoms with Crippen molar-refractivity contribution in [2.75, 3.05) is 17.1 Å². The van der Waals surface area contributed by atoms with E-state index in [1.165, 1.54) is 23.1 Å². The van der Waals surface area contributed by atoms with Gasteiger partial charge >= 0.3 is 0 Å². The van der Waals surface area contributed by atoms with Crippen LogP contribution in [0.3, 0.4) is 0 Å². The summed E-state index contributed by atoms with van der Waals surface area (Å²) in [7, 11) is -3.94. The molecule has 192 valence electrons. The smallest absolute Gasteiger partial charge is 0.244 e. The molecule has 7 nitrogen and oxygen atoms in total. The predicted molar refractivity (Wildman–Crippen MR) is 143 cm³/mol. The Morgan fingerprint density at radius 2 is 1.57 bits per heavy atom. The van der Waals surface area contributed by atoms with E-state index in [0.717, 1.165) is 10.6 Å². The molecule has 12 heteroatoms. The molecule has 35 heavy (non-hydrogen) atoms. The number of hydrogen-bond donors (Lipinski definition) is 1. The number of carbonyl (C=O) groups is 2. The van der Waals surface area contributed by atoms with Crippen molar-refractivity contribution in [3.63, 3.8) is 0 Å². The van der Waals surface area contributed by atoms with Gasteiger partial charge in [-0.05, 0) is 58.0 Å². The number of anilines is 1. The summed E-state index contributed by atoms with van der Waals surface area (Å²) >= 11 is 24.8. The summed E-state index contributed by atoms with van der Waals surface area (Å²) in [6, 6.07) is 8.15. The Morgan fingerprint density at radius 3 is 2.06 bits per heavy atom. The first-order valence-electron chi connectivity index (χ1n) is 10.5. The van der Waals surface area contributed by atoms with Crippen molar-refractivity contribution in [3.8, 4) is 0 Å². The maximum Gasteiger partial charge on any atom is 0.244 e. The molecule has 0 saturated carbocycles. The standard InChI is InChI=1S/C23H27Cl4N3O4S/c1-14(22(32)28-23(2,3)4)29(12-16-17(25)7-6-8-18(16)26)21(31)13-30(35(5,33)34)20-10-9-15(24)11-19(20)27/h6-11,14H,12-13H2,1-5H3,(H,28,32). The van der Waals surface area contributed by atoms with Crippen LogP contribution in [-0.4, -0.2) is 49.5 Å². The lowest BCUT2D eigenvalue weighted by Crippen LogP contribution is -2.54. The third-order valence-corrected chi connectivity index (χ3v) is 7.29. The highest BCUT2D eigenvalue weighted by Gasteiger charge is 2.32. The quantitative estimate of drug-likeness (QED) is 0.451. The van der Waals surface area contributed by atoms with E-state index in [9.17, 15) is 18.0 Å². The number of amides is 2. The summed E-state index contributed by atoms with van der Waals surface area (Å²) < 4.78 is 26.1. The van der Waals surface area contributed by atoms with Crippen molar-refractivity contribution in [2.24, 2.45) is 0 Å². The molecule has 0 heterocycles. The SMILES string of the molecule is CC(C(=O)NC(C)(C)C)N(Cc1c(Cl)cccc1Cl)C(=O)CN(c1ccc(Cl)cc1Cl)S(C)(=O)=O. The number of nitrogens with zero attached hydrogens (tertiary/aromatic N) is 2. The number of rotatable bonds is 8. The molecule has 2 aromatic carbocycles. The molecule has 1 atom stereocenters. The second-order valence-corrected chi connectivity index (χ2v) is 12.6. The summed E-state index contributed by atoms with van der Waals surface area (Å²) in [6.45, 7) is 6.23. The van der Waals surface area contributed by atoms with Crippen molar-refractivity contribution < 1.29 is 18.0 Å². The van der Waals surface area contributed by atoms with Gasteiger partial charge in [-0.2, -0.15) is 0 Å². The molecular weight excluding hydrogens is 556 g/mol. The predicted octanol–water partition coefficient (Wildman–Crippen LogP) is 5.40. The number of sulfonamides is 1. The van der Waals surface area contributed by atoms with Crippen LogP contribution in [0.2, 0.25) is 20.1 Å². The van der Waals surface area contributed by atoms with E-state index >= 15 is 0 Å². The number of nitrogens with one attached hydrogen (secondary N) is 1. The van der Waals surface area contributed by atoms with Crippen LogP contribution in [0.4, 0.5) is 5.69 Å². The summed E-state index contributed by atoms with van der Waals surface area (Å²) in [5.41, 5.74) is -0.0537. The van der Waals surface area contributed by atoms with Gasteiger partial charge in [0.15, 0.2) is 0 Å². The Morgan fingerprint density at radius 1 is 1.00 bits per heavy atom. The lowest BCUT2D eigenvalue weighted by Gasteiger charge is -2.33. The van der Waals surface area contributed by atoms with E-state index in [1.807, 2.05) is 20.8 Å². The van der Waals surface area contributed by atoms with E-state index in [1.54, 1.807) is 25.1 Å². The molecule has 1 N–H and O–H groups in total. The molecular formula is C23H27Cl4N3O4S. The highest BCUT2D eigenvalue weighted by atomic mass is 35.5. The molecule has 0 aromatic heterocycles. The summed E-state index contributed by atoms with van der Waals surface area (Å²) in [5.74, 6) is -1.08. The van der Waals surface area contributed by atoms with Crippen LogP contribution < -0.4 is 9.62 Å². The van der Waals surface area contributed by atoms with Crippen LogP contribution in [0.15, 0.2) is 36.4 Å². The van der Waals surface area contributed by atoms with Crippen LogP contribution in [0, 0.1) is 0 Å². The molecule has 0 aliphatic carbocycles. The Kier molecular flexibility index (Phi) is 9.75. The fraction of sp³-hybridized carbons (Fsp3) is 0.391. The first-order chi connectivity index (χ1) is 16.0. The largest absolute Gasteiger partial charge is 0.350 e. The van der Waals surface area contributed by atoms with Crippen LogP contribution in [0.25, 0.3) is 0 Å². The lowest BCUT2D eigenvalue weighted by atomic mass is 10.1. The van der Waals surface area contributed by atoms with Crippen molar-refractivity contribution >= 4 is 73.9 Å². The molecule has 0 saturated heterocycles. The van der Waals surface area contributed by atoms with Crippen molar-refractivity contribution in [2.45, 2.75) is 45.8 Å². The van der Waals surface area contributed by atoms with Gasteiger partial charge in [-0.25, -0.2) is 8.42 Å².